The molecule has 112 valence electrons. The Labute approximate surface area is 127 Å². The summed E-state index contributed by atoms with van der Waals surface area (Å²) < 4.78 is 4.99. The molecular weight excluding hydrogens is 282 g/mol. The number of aryl methyl sites for hydroxylation is 1. The molecule has 6 heteroatoms. The summed E-state index contributed by atoms with van der Waals surface area (Å²) in [5.74, 6) is 0.472. The molecule has 2 heterocycles. The molecule has 1 aromatic heterocycles. The quantitative estimate of drug-likeness (QED) is 0.854. The molecule has 1 aliphatic heterocycles. The van der Waals surface area contributed by atoms with Crippen molar-refractivity contribution in [3.05, 3.63) is 52.9 Å². The van der Waals surface area contributed by atoms with E-state index in [1.807, 2.05) is 24.3 Å². The van der Waals surface area contributed by atoms with Gasteiger partial charge in [-0.3, -0.25) is 9.69 Å². The number of urea groups is 1. The van der Waals surface area contributed by atoms with Gasteiger partial charge in [0.15, 0.2) is 0 Å². The van der Waals surface area contributed by atoms with E-state index < -0.39 is 5.54 Å². The number of hydrogen-bond donors (Lipinski definition) is 1. The first-order valence-electron chi connectivity index (χ1n) is 7.20. The Morgan fingerprint density at radius 1 is 1.27 bits per heavy atom. The van der Waals surface area contributed by atoms with Crippen LogP contribution in [0.2, 0.25) is 0 Å². The minimum Gasteiger partial charge on any atom is -0.361 e. The number of carbonyl (C=O) groups excluding carboxylic acids is 2. The van der Waals surface area contributed by atoms with Crippen LogP contribution in [0.4, 0.5) is 4.79 Å². The summed E-state index contributed by atoms with van der Waals surface area (Å²) in [5, 5.41) is 6.74. The lowest BCUT2D eigenvalue weighted by Gasteiger charge is -2.20. The Balaban J connectivity index is 1.61. The summed E-state index contributed by atoms with van der Waals surface area (Å²) in [6.07, 6.45) is 1.09. The summed E-state index contributed by atoms with van der Waals surface area (Å²) in [4.78, 5) is 26.3. The largest absolute Gasteiger partial charge is 0.361 e. The van der Waals surface area contributed by atoms with Crippen LogP contribution in [0, 0.1) is 6.92 Å². The second-order valence-electron chi connectivity index (χ2n) is 5.95. The predicted octanol–water partition coefficient (Wildman–Crippen LogP) is 1.57. The van der Waals surface area contributed by atoms with Gasteiger partial charge in [-0.2, -0.15) is 0 Å². The summed E-state index contributed by atoms with van der Waals surface area (Å²) in [7, 11) is 0. The molecule has 4 rings (SSSR count). The van der Waals surface area contributed by atoms with Crippen molar-refractivity contribution in [3.8, 4) is 0 Å². The van der Waals surface area contributed by atoms with Crippen molar-refractivity contribution in [2.75, 3.05) is 0 Å². The van der Waals surface area contributed by atoms with E-state index >= 15 is 0 Å². The van der Waals surface area contributed by atoms with Gasteiger partial charge in [0.2, 0.25) is 0 Å². The first kappa shape index (κ1) is 13.1. The lowest BCUT2D eigenvalue weighted by Crippen LogP contribution is -2.47. The second-order valence-corrected chi connectivity index (χ2v) is 5.95. The van der Waals surface area contributed by atoms with E-state index in [0.29, 0.717) is 24.3 Å². The van der Waals surface area contributed by atoms with Crippen LogP contribution in [-0.4, -0.2) is 27.5 Å². The average Bonchev–Trinajstić information content (AvgIpc) is 3.12. The maximum absolute atomic E-state index is 12.8. The molecule has 1 saturated heterocycles. The minimum atomic E-state index is -0.834. The highest BCUT2D eigenvalue weighted by Gasteiger charge is 2.54. The van der Waals surface area contributed by atoms with Gasteiger partial charge in [0.25, 0.3) is 5.91 Å². The van der Waals surface area contributed by atoms with Crippen molar-refractivity contribution in [1.29, 1.82) is 0 Å². The van der Waals surface area contributed by atoms with Crippen LogP contribution < -0.4 is 5.32 Å². The van der Waals surface area contributed by atoms with Gasteiger partial charge >= 0.3 is 6.03 Å². The molecule has 1 spiro atoms. The number of fused-ring (bicyclic) bond motifs is 1. The standard InChI is InChI=1S/C16H15N3O3/c1-10-6-13(18-22-10)9-19-14(20)16(17-15(19)21)7-11-4-2-3-5-12(11)8-16/h2-6H,7-9H2,1H3,(H,17,21). The smallest absolute Gasteiger partial charge is 0.325 e. The molecule has 1 fully saturated rings. The third-order valence-electron chi connectivity index (χ3n) is 4.35. The highest BCUT2D eigenvalue weighted by Crippen LogP contribution is 2.35. The lowest BCUT2D eigenvalue weighted by molar-refractivity contribution is -0.131. The fourth-order valence-corrected chi connectivity index (χ4v) is 3.33. The molecule has 22 heavy (non-hydrogen) atoms. The molecule has 2 aromatic rings. The Bertz CT molecular complexity index is 755. The Morgan fingerprint density at radius 3 is 2.55 bits per heavy atom. The van der Waals surface area contributed by atoms with Crippen molar-refractivity contribution in [2.45, 2.75) is 31.8 Å². The van der Waals surface area contributed by atoms with E-state index in [9.17, 15) is 9.59 Å². The molecule has 0 saturated carbocycles. The summed E-state index contributed by atoms with van der Waals surface area (Å²) in [5.41, 5.74) is 1.98. The third kappa shape index (κ3) is 1.83. The molecule has 6 nitrogen and oxygen atoms in total. The van der Waals surface area contributed by atoms with Gasteiger partial charge in [0.05, 0.1) is 6.54 Å². The number of carbonyl (C=O) groups is 2. The Hall–Kier alpha value is -2.63. The molecule has 0 bridgehead atoms. The first-order valence-corrected chi connectivity index (χ1v) is 7.20. The van der Waals surface area contributed by atoms with Crippen molar-refractivity contribution < 1.29 is 14.1 Å². The van der Waals surface area contributed by atoms with E-state index in [4.69, 9.17) is 4.52 Å². The maximum atomic E-state index is 12.8. The monoisotopic (exact) mass is 297 g/mol. The molecule has 0 unspecified atom stereocenters. The van der Waals surface area contributed by atoms with Gasteiger partial charge in [-0.15, -0.1) is 0 Å². The molecule has 1 aromatic carbocycles. The zero-order chi connectivity index (χ0) is 15.3. The Kier molecular flexibility index (Phi) is 2.63. The van der Waals surface area contributed by atoms with Crippen LogP contribution in [0.1, 0.15) is 22.6 Å². The van der Waals surface area contributed by atoms with Crippen LogP contribution in [0.5, 0.6) is 0 Å². The molecule has 1 aliphatic carbocycles. The Morgan fingerprint density at radius 2 is 1.95 bits per heavy atom. The maximum Gasteiger partial charge on any atom is 0.325 e. The number of benzene rings is 1. The van der Waals surface area contributed by atoms with E-state index in [1.54, 1.807) is 13.0 Å². The summed E-state index contributed by atoms with van der Waals surface area (Å²) in [6.45, 7) is 1.91. The number of amides is 3. The number of imide groups is 1. The topological polar surface area (TPSA) is 75.4 Å². The predicted molar refractivity (Wildman–Crippen MR) is 76.9 cm³/mol. The van der Waals surface area contributed by atoms with Crippen molar-refractivity contribution >= 4 is 11.9 Å². The number of nitrogens with zero attached hydrogens (tertiary/aromatic N) is 2. The number of rotatable bonds is 2. The average molecular weight is 297 g/mol. The van der Waals surface area contributed by atoms with Crippen LogP contribution in [0.15, 0.2) is 34.9 Å². The van der Waals surface area contributed by atoms with E-state index in [1.165, 1.54) is 4.90 Å². The van der Waals surface area contributed by atoms with Crippen LogP contribution in [0.25, 0.3) is 0 Å². The zero-order valence-corrected chi connectivity index (χ0v) is 12.1. The van der Waals surface area contributed by atoms with Gasteiger partial charge in [0, 0.05) is 18.9 Å². The fourth-order valence-electron chi connectivity index (χ4n) is 3.33. The van der Waals surface area contributed by atoms with Crippen molar-refractivity contribution in [3.63, 3.8) is 0 Å². The van der Waals surface area contributed by atoms with Gasteiger partial charge in [-0.05, 0) is 18.1 Å². The van der Waals surface area contributed by atoms with Gasteiger partial charge < -0.3 is 9.84 Å². The van der Waals surface area contributed by atoms with E-state index in [-0.39, 0.29) is 18.5 Å². The van der Waals surface area contributed by atoms with Crippen molar-refractivity contribution in [1.82, 2.24) is 15.4 Å². The number of aromatic nitrogens is 1. The highest BCUT2D eigenvalue weighted by molar-refractivity contribution is 6.07. The summed E-state index contributed by atoms with van der Waals surface area (Å²) in [6, 6.07) is 9.29. The molecule has 0 radical (unpaired) electrons. The third-order valence-corrected chi connectivity index (χ3v) is 4.35. The second kappa shape index (κ2) is 4.43. The normalized spacial score (nSPS) is 18.9. The van der Waals surface area contributed by atoms with Gasteiger partial charge in [-0.1, -0.05) is 29.4 Å². The molecule has 3 amide bonds. The number of nitrogens with one attached hydrogen (secondary N) is 1. The first-order chi connectivity index (χ1) is 10.6. The lowest BCUT2D eigenvalue weighted by atomic mass is 9.96. The molecular formula is C16H15N3O3. The van der Waals surface area contributed by atoms with Crippen LogP contribution in [-0.2, 0) is 24.2 Å². The van der Waals surface area contributed by atoms with Crippen molar-refractivity contribution in [2.24, 2.45) is 0 Å². The van der Waals surface area contributed by atoms with E-state index in [0.717, 1.165) is 11.1 Å². The van der Waals surface area contributed by atoms with Crippen LogP contribution in [0.3, 0.4) is 0 Å². The highest BCUT2D eigenvalue weighted by atomic mass is 16.5. The van der Waals surface area contributed by atoms with Gasteiger partial charge in [0.1, 0.15) is 17.0 Å². The number of hydrogen-bond acceptors (Lipinski definition) is 4. The molecule has 0 atom stereocenters. The summed E-state index contributed by atoms with van der Waals surface area (Å²) >= 11 is 0. The minimum absolute atomic E-state index is 0.139. The molecule has 1 N–H and O–H groups in total. The van der Waals surface area contributed by atoms with E-state index in [2.05, 4.69) is 10.5 Å². The van der Waals surface area contributed by atoms with Gasteiger partial charge in [-0.25, -0.2) is 4.79 Å². The fraction of sp³-hybridized carbons (Fsp3) is 0.312. The van der Waals surface area contributed by atoms with Crippen LogP contribution >= 0.6 is 0 Å². The SMILES string of the molecule is Cc1cc(CN2C(=O)NC3(Cc4ccccc4C3)C2=O)no1. The zero-order valence-electron chi connectivity index (χ0n) is 12.1. The molecule has 2 aliphatic rings.